The van der Waals surface area contributed by atoms with Crippen LogP contribution < -0.4 is 4.74 Å². The Morgan fingerprint density at radius 1 is 1.32 bits per heavy atom. The number of hydrogen-bond acceptors (Lipinski definition) is 3. The molecule has 1 aromatic rings. The molecule has 2 bridgehead atoms. The molecule has 3 aliphatic rings. The van der Waals surface area contributed by atoms with Gasteiger partial charge < -0.3 is 14.6 Å². The van der Waals surface area contributed by atoms with E-state index in [2.05, 4.69) is 13.0 Å². The van der Waals surface area contributed by atoms with Gasteiger partial charge in [-0.05, 0) is 32.3 Å². The lowest BCUT2D eigenvalue weighted by Crippen LogP contribution is -2.58. The molecule has 4 atom stereocenters. The summed E-state index contributed by atoms with van der Waals surface area (Å²) in [5, 5.41) is 9.71. The lowest BCUT2D eigenvalue weighted by molar-refractivity contribution is -0.210. The third-order valence-corrected chi connectivity index (χ3v) is 5.43. The van der Waals surface area contributed by atoms with Gasteiger partial charge in [0.2, 0.25) is 0 Å². The standard InChI is InChI=1S/C16H20O3/c1-15-6-7-16(9-17)8-12(15)14(18-10-16)11-4-2-3-5-13(11)19-15/h2-5,12,14,17H,6-10H2,1H3/t12-,14+,15+,16-/m1/s1. The number of para-hydroxylation sites is 1. The van der Waals surface area contributed by atoms with Crippen molar-refractivity contribution in [1.29, 1.82) is 0 Å². The fourth-order valence-corrected chi connectivity index (χ4v) is 4.11. The third-order valence-electron chi connectivity index (χ3n) is 5.43. The zero-order valence-corrected chi connectivity index (χ0v) is 11.3. The number of aliphatic hydroxyl groups is 1. The van der Waals surface area contributed by atoms with E-state index in [9.17, 15) is 5.11 Å². The second-order valence-corrected chi connectivity index (χ2v) is 6.65. The van der Waals surface area contributed by atoms with Crippen LogP contribution in [0.2, 0.25) is 0 Å². The minimum absolute atomic E-state index is 0.0314. The molecule has 1 saturated carbocycles. The van der Waals surface area contributed by atoms with Crippen molar-refractivity contribution in [2.75, 3.05) is 13.2 Å². The average molecular weight is 260 g/mol. The molecule has 1 saturated heterocycles. The predicted molar refractivity (Wildman–Crippen MR) is 71.0 cm³/mol. The highest BCUT2D eigenvalue weighted by molar-refractivity contribution is 5.39. The Labute approximate surface area is 113 Å². The maximum Gasteiger partial charge on any atom is 0.125 e. The van der Waals surface area contributed by atoms with Crippen LogP contribution in [0.3, 0.4) is 0 Å². The van der Waals surface area contributed by atoms with E-state index in [1.165, 1.54) is 5.56 Å². The number of fused-ring (bicyclic) bond motifs is 3. The summed E-state index contributed by atoms with van der Waals surface area (Å²) < 4.78 is 12.5. The molecule has 1 aromatic carbocycles. The molecule has 0 unspecified atom stereocenters. The Bertz CT molecular complexity index is 514. The van der Waals surface area contributed by atoms with Gasteiger partial charge in [0.25, 0.3) is 0 Å². The van der Waals surface area contributed by atoms with Crippen molar-refractivity contribution in [3.05, 3.63) is 29.8 Å². The van der Waals surface area contributed by atoms with Gasteiger partial charge in [-0.15, -0.1) is 0 Å². The molecule has 0 amide bonds. The monoisotopic (exact) mass is 260 g/mol. The molecule has 1 N–H and O–H groups in total. The van der Waals surface area contributed by atoms with E-state index in [1.807, 2.05) is 18.2 Å². The number of ether oxygens (including phenoxy) is 2. The Hall–Kier alpha value is -1.06. The second-order valence-electron chi connectivity index (χ2n) is 6.65. The highest BCUT2D eigenvalue weighted by atomic mass is 16.5. The minimum Gasteiger partial charge on any atom is -0.487 e. The minimum atomic E-state index is -0.141. The van der Waals surface area contributed by atoms with Crippen LogP contribution in [-0.4, -0.2) is 23.9 Å². The van der Waals surface area contributed by atoms with Crippen molar-refractivity contribution in [3.8, 4) is 5.75 Å². The largest absolute Gasteiger partial charge is 0.487 e. The molecule has 0 spiro atoms. The molecule has 19 heavy (non-hydrogen) atoms. The molecule has 3 nitrogen and oxygen atoms in total. The SMILES string of the molecule is C[C@@]12CC[C@@]3(CO)CO[C@@H](c4ccccc4O1)[C@H]2C3. The zero-order valence-electron chi connectivity index (χ0n) is 11.3. The Morgan fingerprint density at radius 2 is 2.16 bits per heavy atom. The van der Waals surface area contributed by atoms with Crippen molar-refractivity contribution in [2.24, 2.45) is 11.3 Å². The molecule has 3 heteroatoms. The van der Waals surface area contributed by atoms with Gasteiger partial charge in [-0.1, -0.05) is 18.2 Å². The number of rotatable bonds is 1. The summed E-state index contributed by atoms with van der Waals surface area (Å²) in [6.45, 7) is 3.11. The van der Waals surface area contributed by atoms with Crippen LogP contribution >= 0.6 is 0 Å². The molecule has 0 aromatic heterocycles. The van der Waals surface area contributed by atoms with Crippen molar-refractivity contribution < 1.29 is 14.6 Å². The number of benzene rings is 1. The maximum absolute atomic E-state index is 9.71. The molecule has 2 fully saturated rings. The van der Waals surface area contributed by atoms with Crippen molar-refractivity contribution in [1.82, 2.24) is 0 Å². The predicted octanol–water partition coefficient (Wildman–Crippen LogP) is 2.69. The first kappa shape index (κ1) is 11.7. The first-order valence-electron chi connectivity index (χ1n) is 7.16. The van der Waals surface area contributed by atoms with Gasteiger partial charge in [0, 0.05) is 16.9 Å². The molecular formula is C16H20O3. The van der Waals surface area contributed by atoms with Gasteiger partial charge in [-0.2, -0.15) is 0 Å². The molecule has 102 valence electrons. The van der Waals surface area contributed by atoms with E-state index in [4.69, 9.17) is 9.47 Å². The fraction of sp³-hybridized carbons (Fsp3) is 0.625. The second kappa shape index (κ2) is 3.74. The summed E-state index contributed by atoms with van der Waals surface area (Å²) in [4.78, 5) is 0. The molecule has 2 aliphatic heterocycles. The zero-order chi connectivity index (χ0) is 13.1. The molecule has 4 rings (SSSR count). The van der Waals surface area contributed by atoms with Gasteiger partial charge >= 0.3 is 0 Å². The summed E-state index contributed by atoms with van der Waals surface area (Å²) in [5.74, 6) is 1.33. The van der Waals surface area contributed by atoms with E-state index >= 15 is 0 Å². The maximum atomic E-state index is 9.71. The smallest absolute Gasteiger partial charge is 0.125 e. The highest BCUT2D eigenvalue weighted by Crippen LogP contribution is 2.58. The lowest BCUT2D eigenvalue weighted by atomic mass is 9.59. The van der Waals surface area contributed by atoms with Gasteiger partial charge in [0.05, 0.1) is 19.3 Å². The van der Waals surface area contributed by atoms with Crippen LogP contribution in [-0.2, 0) is 4.74 Å². The average Bonchev–Trinajstić information content (AvgIpc) is 2.45. The van der Waals surface area contributed by atoms with Crippen LogP contribution in [0.1, 0.15) is 37.9 Å². The van der Waals surface area contributed by atoms with Gasteiger partial charge in [0.15, 0.2) is 0 Å². The fourth-order valence-electron chi connectivity index (χ4n) is 4.11. The van der Waals surface area contributed by atoms with Crippen LogP contribution in [0.4, 0.5) is 0 Å². The summed E-state index contributed by atoms with van der Waals surface area (Å²) in [6.07, 6.45) is 3.14. The van der Waals surface area contributed by atoms with Crippen LogP contribution in [0.15, 0.2) is 24.3 Å². The highest BCUT2D eigenvalue weighted by Gasteiger charge is 2.57. The van der Waals surface area contributed by atoms with Crippen molar-refractivity contribution in [2.45, 2.75) is 37.9 Å². The van der Waals surface area contributed by atoms with Crippen LogP contribution in [0.25, 0.3) is 0 Å². The normalized spacial score (nSPS) is 43.3. The van der Waals surface area contributed by atoms with E-state index in [0.717, 1.165) is 25.0 Å². The first-order chi connectivity index (χ1) is 9.16. The third kappa shape index (κ3) is 1.52. The van der Waals surface area contributed by atoms with Gasteiger partial charge in [0.1, 0.15) is 11.4 Å². The van der Waals surface area contributed by atoms with Crippen molar-refractivity contribution >= 4 is 0 Å². The number of hydrogen-bond donors (Lipinski definition) is 1. The summed E-state index contributed by atoms with van der Waals surface area (Å²) in [6, 6.07) is 8.22. The Morgan fingerprint density at radius 3 is 3.00 bits per heavy atom. The molecule has 1 aliphatic carbocycles. The quantitative estimate of drug-likeness (QED) is 0.843. The van der Waals surface area contributed by atoms with E-state index in [1.54, 1.807) is 0 Å². The Balaban J connectivity index is 1.80. The van der Waals surface area contributed by atoms with Gasteiger partial charge in [-0.3, -0.25) is 0 Å². The summed E-state index contributed by atoms with van der Waals surface area (Å²) in [5.41, 5.74) is 1.01. The van der Waals surface area contributed by atoms with E-state index < -0.39 is 0 Å². The summed E-state index contributed by atoms with van der Waals surface area (Å²) >= 11 is 0. The van der Waals surface area contributed by atoms with E-state index in [-0.39, 0.29) is 23.7 Å². The molecule has 2 heterocycles. The van der Waals surface area contributed by atoms with Crippen molar-refractivity contribution in [3.63, 3.8) is 0 Å². The van der Waals surface area contributed by atoms with Gasteiger partial charge in [-0.25, -0.2) is 0 Å². The molecule has 0 radical (unpaired) electrons. The molecular weight excluding hydrogens is 240 g/mol. The number of aliphatic hydroxyl groups excluding tert-OH is 1. The van der Waals surface area contributed by atoms with E-state index in [0.29, 0.717) is 12.5 Å². The Kier molecular flexibility index (Phi) is 2.31. The topological polar surface area (TPSA) is 38.7 Å². The lowest BCUT2D eigenvalue weighted by Gasteiger charge is -2.57. The van der Waals surface area contributed by atoms with Crippen LogP contribution in [0, 0.1) is 11.3 Å². The van der Waals surface area contributed by atoms with Crippen LogP contribution in [0.5, 0.6) is 5.75 Å². The first-order valence-corrected chi connectivity index (χ1v) is 7.16. The summed E-state index contributed by atoms with van der Waals surface area (Å²) in [7, 11) is 0.